The fourth-order valence-corrected chi connectivity index (χ4v) is 2.84. The zero-order chi connectivity index (χ0) is 15.4. The Labute approximate surface area is 123 Å². The monoisotopic (exact) mass is 292 g/mol. The minimum absolute atomic E-state index is 0.0422. The molecule has 0 spiro atoms. The van der Waals surface area contributed by atoms with E-state index in [0.29, 0.717) is 17.9 Å². The van der Waals surface area contributed by atoms with Gasteiger partial charge in [-0.15, -0.1) is 0 Å². The molecule has 2 atom stereocenters. The number of methoxy groups -OCH3 is 1. The fraction of sp³-hybridized carbons (Fsp3) is 0.533. The molecule has 0 saturated carbocycles. The lowest BCUT2D eigenvalue weighted by Gasteiger charge is -2.26. The van der Waals surface area contributed by atoms with Gasteiger partial charge < -0.3 is 9.64 Å². The first-order valence-corrected chi connectivity index (χ1v) is 7.16. The molecular weight excluding hydrogens is 272 g/mol. The van der Waals surface area contributed by atoms with E-state index >= 15 is 0 Å². The van der Waals surface area contributed by atoms with Crippen LogP contribution in [0.1, 0.15) is 37.8 Å². The number of benzene rings is 1. The quantitative estimate of drug-likeness (QED) is 0.596. The largest absolute Gasteiger partial charge is 0.496 e. The van der Waals surface area contributed by atoms with Crippen molar-refractivity contribution in [3.8, 4) is 5.75 Å². The number of nitro groups is 1. The lowest BCUT2D eigenvalue weighted by molar-refractivity contribution is -0.525. The lowest BCUT2D eigenvalue weighted by atomic mass is 9.99. The van der Waals surface area contributed by atoms with Gasteiger partial charge in [-0.05, 0) is 12.5 Å². The van der Waals surface area contributed by atoms with E-state index in [1.165, 1.54) is 7.11 Å². The van der Waals surface area contributed by atoms with Gasteiger partial charge in [-0.3, -0.25) is 14.9 Å². The Morgan fingerprint density at radius 3 is 2.76 bits per heavy atom. The number of carbonyl (C=O) groups is 1. The predicted molar refractivity (Wildman–Crippen MR) is 77.8 cm³/mol. The average Bonchev–Trinajstić information content (AvgIpc) is 2.82. The Morgan fingerprint density at radius 2 is 2.14 bits per heavy atom. The number of unbranched alkanes of at least 4 members (excludes halogenated alkanes) is 1. The SMILES string of the molecule is CCCCN1C(=O)C[C@H]([N+](=O)[O-])[C@H]1c1ccccc1OC. The number of hydrogen-bond donors (Lipinski definition) is 0. The van der Waals surface area contributed by atoms with Gasteiger partial charge in [0.25, 0.3) is 0 Å². The van der Waals surface area contributed by atoms with Crippen molar-refractivity contribution in [3.63, 3.8) is 0 Å². The summed E-state index contributed by atoms with van der Waals surface area (Å²) in [6, 6.07) is 5.75. The van der Waals surface area contributed by atoms with Crippen molar-refractivity contribution in [1.82, 2.24) is 4.90 Å². The highest BCUT2D eigenvalue weighted by atomic mass is 16.6. The Morgan fingerprint density at radius 1 is 1.43 bits per heavy atom. The molecule has 0 N–H and O–H groups in total. The molecule has 6 heteroatoms. The minimum atomic E-state index is -0.911. The van der Waals surface area contributed by atoms with Crippen molar-refractivity contribution in [2.45, 2.75) is 38.3 Å². The Hall–Kier alpha value is -2.11. The smallest absolute Gasteiger partial charge is 0.246 e. The highest BCUT2D eigenvalue weighted by Crippen LogP contribution is 2.39. The van der Waals surface area contributed by atoms with E-state index in [4.69, 9.17) is 4.74 Å². The second kappa shape index (κ2) is 6.56. The topological polar surface area (TPSA) is 72.7 Å². The van der Waals surface area contributed by atoms with Crippen LogP contribution >= 0.6 is 0 Å². The van der Waals surface area contributed by atoms with Gasteiger partial charge in [0, 0.05) is 17.0 Å². The van der Waals surface area contributed by atoms with Crippen LogP contribution < -0.4 is 4.74 Å². The van der Waals surface area contributed by atoms with E-state index in [-0.39, 0.29) is 17.3 Å². The lowest BCUT2D eigenvalue weighted by Crippen LogP contribution is -2.33. The Bertz CT molecular complexity index is 532. The molecule has 0 unspecified atom stereocenters. The fourth-order valence-electron chi connectivity index (χ4n) is 2.84. The molecule has 1 aromatic carbocycles. The highest BCUT2D eigenvalue weighted by molar-refractivity contribution is 5.80. The van der Waals surface area contributed by atoms with Gasteiger partial charge >= 0.3 is 0 Å². The first kappa shape index (κ1) is 15.3. The van der Waals surface area contributed by atoms with Crippen LogP contribution in [0.4, 0.5) is 0 Å². The molecule has 0 bridgehead atoms. The second-order valence-corrected chi connectivity index (χ2v) is 5.18. The summed E-state index contributed by atoms with van der Waals surface area (Å²) in [6.07, 6.45) is 1.73. The number of para-hydroxylation sites is 1. The van der Waals surface area contributed by atoms with Crippen molar-refractivity contribution in [2.24, 2.45) is 0 Å². The van der Waals surface area contributed by atoms with Crippen molar-refractivity contribution >= 4 is 5.91 Å². The molecule has 114 valence electrons. The summed E-state index contributed by atoms with van der Waals surface area (Å²) in [4.78, 5) is 24.8. The van der Waals surface area contributed by atoms with Crippen molar-refractivity contribution in [1.29, 1.82) is 0 Å². The first-order valence-electron chi connectivity index (χ1n) is 7.16. The van der Waals surface area contributed by atoms with E-state index < -0.39 is 12.1 Å². The second-order valence-electron chi connectivity index (χ2n) is 5.18. The summed E-state index contributed by atoms with van der Waals surface area (Å²) in [6.45, 7) is 2.58. The van der Waals surface area contributed by atoms with E-state index in [2.05, 4.69) is 0 Å². The Kier molecular flexibility index (Phi) is 4.77. The molecule has 1 aromatic rings. The summed E-state index contributed by atoms with van der Waals surface area (Å²) in [5.41, 5.74) is 0.712. The molecule has 0 radical (unpaired) electrons. The molecule has 0 aliphatic carbocycles. The van der Waals surface area contributed by atoms with Crippen molar-refractivity contribution in [3.05, 3.63) is 39.9 Å². The van der Waals surface area contributed by atoms with Gasteiger partial charge in [0.15, 0.2) is 0 Å². The Balaban J connectivity index is 2.41. The third-order valence-electron chi connectivity index (χ3n) is 3.89. The molecule has 1 aliphatic rings. The van der Waals surface area contributed by atoms with Crippen molar-refractivity contribution < 1.29 is 14.5 Å². The molecule has 1 saturated heterocycles. The molecule has 0 aromatic heterocycles. The number of hydrogen-bond acceptors (Lipinski definition) is 4. The number of amides is 1. The maximum absolute atomic E-state index is 12.2. The van der Waals surface area contributed by atoms with Gasteiger partial charge in [-0.2, -0.15) is 0 Å². The average molecular weight is 292 g/mol. The van der Waals surface area contributed by atoms with Crippen LogP contribution in [-0.2, 0) is 4.79 Å². The molecule has 2 rings (SSSR count). The highest BCUT2D eigenvalue weighted by Gasteiger charge is 2.48. The minimum Gasteiger partial charge on any atom is -0.496 e. The van der Waals surface area contributed by atoms with Gasteiger partial charge in [-0.25, -0.2) is 0 Å². The molecule has 1 amide bonds. The van der Waals surface area contributed by atoms with Gasteiger partial charge in [-0.1, -0.05) is 31.5 Å². The van der Waals surface area contributed by atoms with E-state index in [1.807, 2.05) is 19.1 Å². The normalized spacial score (nSPS) is 21.6. The van der Waals surface area contributed by atoms with Crippen molar-refractivity contribution in [2.75, 3.05) is 13.7 Å². The molecule has 21 heavy (non-hydrogen) atoms. The predicted octanol–water partition coefficient (Wildman–Crippen LogP) is 2.41. The third-order valence-corrected chi connectivity index (χ3v) is 3.89. The maximum Gasteiger partial charge on any atom is 0.246 e. The molecule has 1 heterocycles. The third kappa shape index (κ3) is 2.99. The number of likely N-dealkylation sites (tertiary alicyclic amines) is 1. The molecular formula is C15H20N2O4. The standard InChI is InChI=1S/C15H20N2O4/c1-3-4-9-16-14(18)10-12(17(19)20)15(16)11-7-5-6-8-13(11)21-2/h5-8,12,15H,3-4,9-10H2,1-2H3/t12-,15+/m0/s1. The van der Waals surface area contributed by atoms with E-state index in [1.54, 1.807) is 17.0 Å². The van der Waals surface area contributed by atoms with Crippen LogP contribution in [0.25, 0.3) is 0 Å². The summed E-state index contributed by atoms with van der Waals surface area (Å²) in [5, 5.41) is 11.3. The summed E-state index contributed by atoms with van der Waals surface area (Å²) < 4.78 is 5.31. The van der Waals surface area contributed by atoms with E-state index in [0.717, 1.165) is 12.8 Å². The number of nitrogens with zero attached hydrogens (tertiary/aromatic N) is 2. The number of rotatable bonds is 6. The maximum atomic E-state index is 12.2. The van der Waals surface area contributed by atoms with Crippen LogP contribution in [0.3, 0.4) is 0 Å². The van der Waals surface area contributed by atoms with Crippen LogP contribution in [0.5, 0.6) is 5.75 Å². The number of ether oxygens (including phenoxy) is 1. The zero-order valence-electron chi connectivity index (χ0n) is 12.3. The van der Waals surface area contributed by atoms with Gasteiger partial charge in [0.1, 0.15) is 11.8 Å². The first-order chi connectivity index (χ1) is 10.1. The van der Waals surface area contributed by atoms with Gasteiger partial charge in [0.2, 0.25) is 11.9 Å². The zero-order valence-corrected chi connectivity index (χ0v) is 12.3. The summed E-state index contributed by atoms with van der Waals surface area (Å²) in [5.74, 6) is 0.437. The molecule has 1 aliphatic heterocycles. The van der Waals surface area contributed by atoms with Crippen LogP contribution in [0.15, 0.2) is 24.3 Å². The van der Waals surface area contributed by atoms with Gasteiger partial charge in [0.05, 0.1) is 13.5 Å². The number of carbonyl (C=O) groups excluding carboxylic acids is 1. The van der Waals surface area contributed by atoms with Crippen LogP contribution in [-0.4, -0.2) is 35.4 Å². The molecule has 1 fully saturated rings. The molecule has 6 nitrogen and oxygen atoms in total. The van der Waals surface area contributed by atoms with Crippen LogP contribution in [0, 0.1) is 10.1 Å². The summed E-state index contributed by atoms with van der Waals surface area (Å²) in [7, 11) is 1.53. The summed E-state index contributed by atoms with van der Waals surface area (Å²) >= 11 is 0. The van der Waals surface area contributed by atoms with E-state index in [9.17, 15) is 14.9 Å². The van der Waals surface area contributed by atoms with Crippen LogP contribution in [0.2, 0.25) is 0 Å².